The lowest BCUT2D eigenvalue weighted by Gasteiger charge is -2.39. The third-order valence-electron chi connectivity index (χ3n) is 8.17. The van der Waals surface area contributed by atoms with Crippen LogP contribution in [0.2, 0.25) is 18.1 Å². The fourth-order valence-corrected chi connectivity index (χ4v) is 5.79. The summed E-state index contributed by atoms with van der Waals surface area (Å²) in [6.07, 6.45) is 4.84. The molecule has 0 saturated carbocycles. The largest absolute Gasteiger partial charge is 0.443 e. The van der Waals surface area contributed by atoms with Gasteiger partial charge >= 0.3 is 6.09 Å². The van der Waals surface area contributed by atoms with Crippen LogP contribution in [0, 0.1) is 11.3 Å². The monoisotopic (exact) mass is 603 g/mol. The molecule has 0 radical (unpaired) electrons. The molecule has 0 fully saturated rings. The van der Waals surface area contributed by atoms with Gasteiger partial charge in [0.15, 0.2) is 8.32 Å². The van der Waals surface area contributed by atoms with Crippen LogP contribution in [-0.4, -0.2) is 52.9 Å². The molecule has 0 spiro atoms. The van der Waals surface area contributed by atoms with Crippen LogP contribution in [0.1, 0.15) is 79.5 Å². The van der Waals surface area contributed by atoms with Gasteiger partial charge in [0.1, 0.15) is 11.7 Å². The number of benzene rings is 1. The van der Waals surface area contributed by atoms with E-state index in [1.54, 1.807) is 23.4 Å². The number of hydrogen-bond acceptors (Lipinski definition) is 8. The van der Waals surface area contributed by atoms with E-state index in [-0.39, 0.29) is 11.1 Å². The second-order valence-electron chi connectivity index (χ2n) is 14.4. The molecule has 11 heteroatoms. The van der Waals surface area contributed by atoms with Crippen molar-refractivity contribution in [3.63, 3.8) is 0 Å². The molecule has 1 atom stereocenters. The van der Waals surface area contributed by atoms with E-state index in [0.717, 1.165) is 16.8 Å². The number of nitrogens with one attached hydrogen (secondary N) is 1. The highest BCUT2D eigenvalue weighted by Crippen LogP contribution is 2.47. The zero-order valence-electron chi connectivity index (χ0n) is 27.4. The number of carbonyl (C=O) groups excluding carboxylic acids is 1. The van der Waals surface area contributed by atoms with E-state index in [1.807, 2.05) is 43.8 Å². The maximum Gasteiger partial charge on any atom is 0.414 e. The molecule has 4 rings (SSSR count). The highest BCUT2D eigenvalue weighted by Gasteiger charge is 2.47. The van der Waals surface area contributed by atoms with Crippen molar-refractivity contribution in [2.24, 2.45) is 0 Å². The van der Waals surface area contributed by atoms with Crippen LogP contribution in [0.4, 0.5) is 22.1 Å². The first-order chi connectivity index (χ1) is 19.8. The van der Waals surface area contributed by atoms with E-state index in [1.165, 1.54) is 0 Å². The first-order valence-corrected chi connectivity index (χ1v) is 17.6. The quantitative estimate of drug-likeness (QED) is 0.275. The van der Waals surface area contributed by atoms with E-state index < -0.39 is 25.4 Å². The second kappa shape index (κ2) is 11.4. The Morgan fingerprint density at radius 2 is 1.91 bits per heavy atom. The van der Waals surface area contributed by atoms with E-state index in [0.29, 0.717) is 36.0 Å². The van der Waals surface area contributed by atoms with E-state index in [9.17, 15) is 10.1 Å². The predicted molar refractivity (Wildman–Crippen MR) is 172 cm³/mol. The van der Waals surface area contributed by atoms with Gasteiger partial charge in [0, 0.05) is 42.6 Å². The van der Waals surface area contributed by atoms with Gasteiger partial charge in [0.2, 0.25) is 5.95 Å². The minimum Gasteiger partial charge on any atom is -0.443 e. The van der Waals surface area contributed by atoms with Crippen LogP contribution in [0.3, 0.4) is 0 Å². The molecule has 3 heterocycles. The minimum atomic E-state index is -2.11. The molecule has 230 valence electrons. The summed E-state index contributed by atoms with van der Waals surface area (Å²) in [5, 5.41) is 17.9. The van der Waals surface area contributed by atoms with Crippen molar-refractivity contribution in [3.8, 4) is 17.3 Å². The minimum absolute atomic E-state index is 0.0192. The first kappa shape index (κ1) is 32.2. The van der Waals surface area contributed by atoms with Crippen LogP contribution in [0.25, 0.3) is 11.3 Å². The molecular formula is C32H45N7O3Si. The molecule has 10 nitrogen and oxygen atoms in total. The van der Waals surface area contributed by atoms with Gasteiger partial charge in [-0.2, -0.15) is 10.4 Å². The highest BCUT2D eigenvalue weighted by atomic mass is 28.4. The molecule has 1 aliphatic rings. The summed E-state index contributed by atoms with van der Waals surface area (Å²) in [6.45, 7) is 23.5. The lowest BCUT2D eigenvalue weighted by atomic mass is 9.83. The summed E-state index contributed by atoms with van der Waals surface area (Å²) < 4.78 is 14.4. The van der Waals surface area contributed by atoms with Crippen molar-refractivity contribution in [2.45, 2.75) is 97.5 Å². The van der Waals surface area contributed by atoms with Gasteiger partial charge in [-0.25, -0.2) is 14.8 Å². The van der Waals surface area contributed by atoms with Crippen molar-refractivity contribution in [3.05, 3.63) is 47.9 Å². The molecule has 43 heavy (non-hydrogen) atoms. The summed E-state index contributed by atoms with van der Waals surface area (Å²) in [6, 6.07) is 8.18. The molecule has 1 aliphatic heterocycles. The Morgan fingerprint density at radius 3 is 2.49 bits per heavy atom. The smallest absolute Gasteiger partial charge is 0.414 e. The lowest BCUT2D eigenvalue weighted by Crippen LogP contribution is -2.46. The van der Waals surface area contributed by atoms with Crippen molar-refractivity contribution < 1.29 is 14.0 Å². The summed E-state index contributed by atoms with van der Waals surface area (Å²) in [4.78, 5) is 24.2. The normalized spacial score (nSPS) is 17.1. The van der Waals surface area contributed by atoms with Crippen LogP contribution < -0.4 is 10.2 Å². The fraction of sp³-hybridized carbons (Fsp3) is 0.531. The third kappa shape index (κ3) is 6.91. The maximum absolute atomic E-state index is 13.5. The van der Waals surface area contributed by atoms with Crippen molar-refractivity contribution in [1.82, 2.24) is 19.7 Å². The number of hydrogen-bond donors (Lipinski definition) is 1. The average molecular weight is 604 g/mol. The first-order valence-electron chi connectivity index (χ1n) is 14.7. The number of aromatic nitrogens is 4. The Balaban J connectivity index is 1.77. The molecule has 1 N–H and O–H groups in total. The molecule has 1 aromatic carbocycles. The van der Waals surface area contributed by atoms with Crippen LogP contribution in [-0.2, 0) is 14.6 Å². The van der Waals surface area contributed by atoms with Crippen molar-refractivity contribution in [1.29, 1.82) is 5.26 Å². The molecule has 3 aromatic rings. The van der Waals surface area contributed by atoms with Gasteiger partial charge in [-0.3, -0.25) is 9.58 Å². The van der Waals surface area contributed by atoms with E-state index in [4.69, 9.17) is 14.1 Å². The summed E-state index contributed by atoms with van der Waals surface area (Å²) in [7, 11) is -2.11. The third-order valence-corrected chi connectivity index (χ3v) is 12.6. The molecule has 1 amide bonds. The van der Waals surface area contributed by atoms with Gasteiger partial charge in [-0.1, -0.05) is 27.7 Å². The number of nitriles is 1. The molecule has 0 aliphatic carbocycles. The number of amides is 1. The lowest BCUT2D eigenvalue weighted by molar-refractivity contribution is 0.0575. The number of fused-ring (bicyclic) bond motifs is 1. The zero-order chi connectivity index (χ0) is 32.0. The average Bonchev–Trinajstić information content (AvgIpc) is 3.49. The molecule has 0 bridgehead atoms. The van der Waals surface area contributed by atoms with E-state index in [2.05, 4.69) is 76.1 Å². The standard InChI is InChI=1S/C32H45N7O3Si/c1-21(2)39-18-24(17-35-39)36-28-34-13-12-26(37-28)22-14-23(16-33)27-25(15-22)32(9,20-41-43(10,11)31(6,7)8)19-38(27)29(40)42-30(3,4)5/h12-15,17-18,21H,19-20H2,1-11H3,(H,34,36,37). The van der Waals surface area contributed by atoms with Gasteiger partial charge in [0.05, 0.1) is 28.8 Å². The van der Waals surface area contributed by atoms with Gasteiger partial charge in [-0.15, -0.1) is 0 Å². The highest BCUT2D eigenvalue weighted by molar-refractivity contribution is 6.74. The van der Waals surface area contributed by atoms with Crippen LogP contribution in [0.15, 0.2) is 36.8 Å². The summed E-state index contributed by atoms with van der Waals surface area (Å²) >= 11 is 0. The predicted octanol–water partition coefficient (Wildman–Crippen LogP) is 7.57. The Labute approximate surface area is 256 Å². The molecule has 2 aromatic heterocycles. The van der Waals surface area contributed by atoms with Gasteiger partial charge in [-0.05, 0) is 76.5 Å². The van der Waals surface area contributed by atoms with Crippen molar-refractivity contribution in [2.75, 3.05) is 23.4 Å². The number of anilines is 3. The topological polar surface area (TPSA) is 118 Å². The molecule has 1 unspecified atom stereocenters. The van der Waals surface area contributed by atoms with Crippen LogP contribution >= 0.6 is 0 Å². The van der Waals surface area contributed by atoms with Gasteiger partial charge in [0.25, 0.3) is 0 Å². The Kier molecular flexibility index (Phi) is 8.52. The van der Waals surface area contributed by atoms with Gasteiger partial charge < -0.3 is 14.5 Å². The molecule has 0 saturated heterocycles. The number of carbonyl (C=O) groups is 1. The Hall–Kier alpha value is -3.75. The Morgan fingerprint density at radius 1 is 1.21 bits per heavy atom. The van der Waals surface area contributed by atoms with Crippen molar-refractivity contribution >= 4 is 31.7 Å². The second-order valence-corrected chi connectivity index (χ2v) is 19.2. The molecular weight excluding hydrogens is 558 g/mol. The fourth-order valence-electron chi connectivity index (χ4n) is 4.68. The van der Waals surface area contributed by atoms with E-state index >= 15 is 0 Å². The number of rotatable bonds is 7. The SMILES string of the molecule is CC(C)n1cc(Nc2nccc(-c3cc(C#N)c4c(c3)C(C)(CO[Si](C)(C)C(C)(C)C)CN4C(=O)OC(C)(C)C)n2)cn1. The number of nitrogens with zero attached hydrogens (tertiary/aromatic N) is 6. The zero-order valence-corrected chi connectivity index (χ0v) is 28.4. The van der Waals surface area contributed by atoms with Crippen LogP contribution in [0.5, 0.6) is 0 Å². The maximum atomic E-state index is 13.5. The summed E-state index contributed by atoms with van der Waals surface area (Å²) in [5.41, 5.74) is 2.72. The Bertz CT molecular complexity index is 1550. The summed E-state index contributed by atoms with van der Waals surface area (Å²) in [5.74, 6) is 0.416. The number of ether oxygens (including phenoxy) is 1.